The van der Waals surface area contributed by atoms with Crippen molar-refractivity contribution < 1.29 is 38.4 Å². The predicted molar refractivity (Wildman–Crippen MR) is 146 cm³/mol. The first-order chi connectivity index (χ1) is 18.7. The number of amides is 1. The monoisotopic (exact) mass is 575 g/mol. The van der Waals surface area contributed by atoms with E-state index in [0.29, 0.717) is 22.6 Å². The SMILES string of the molecule is COC(=O)c1cc(Cl)c(C(=O)N[C@@H](Cc2ccc(-c3c(OC)cc(CO)cc3OC)cc2)C(=O)OC)c(Cl)c1. The molecule has 0 saturated heterocycles. The second kappa shape index (κ2) is 13.3. The maximum Gasteiger partial charge on any atom is 0.337 e. The lowest BCUT2D eigenvalue weighted by molar-refractivity contribution is -0.142. The Bertz CT molecular complexity index is 1330. The van der Waals surface area contributed by atoms with Gasteiger partial charge >= 0.3 is 11.9 Å². The van der Waals surface area contributed by atoms with E-state index in [-0.39, 0.29) is 34.2 Å². The van der Waals surface area contributed by atoms with Crippen molar-refractivity contribution in [3.05, 3.63) is 80.8 Å². The molecule has 206 valence electrons. The summed E-state index contributed by atoms with van der Waals surface area (Å²) in [7, 11) is 5.47. The van der Waals surface area contributed by atoms with Crippen molar-refractivity contribution >= 4 is 41.0 Å². The number of benzene rings is 3. The van der Waals surface area contributed by atoms with Gasteiger partial charge in [-0.2, -0.15) is 0 Å². The molecule has 0 aromatic heterocycles. The van der Waals surface area contributed by atoms with Crippen LogP contribution < -0.4 is 14.8 Å². The largest absolute Gasteiger partial charge is 0.496 e. The number of methoxy groups -OCH3 is 4. The highest BCUT2D eigenvalue weighted by Gasteiger charge is 2.26. The molecule has 9 nitrogen and oxygen atoms in total. The molecule has 0 radical (unpaired) electrons. The van der Waals surface area contributed by atoms with Gasteiger partial charge in [0.15, 0.2) is 0 Å². The standard InChI is InChI=1S/C28H27Cl2NO8/c1-36-22-10-16(14-32)11-23(37-2)24(22)17-7-5-15(6-8-17)9-21(28(35)39-4)31-26(33)25-19(29)12-18(13-20(25)30)27(34)38-3/h5-8,10-13,21,32H,9,14H2,1-4H3,(H,31,33)/t21-/m0/s1. The van der Waals surface area contributed by atoms with Gasteiger partial charge in [-0.25, -0.2) is 9.59 Å². The molecular weight excluding hydrogens is 549 g/mol. The Morgan fingerprint density at radius 3 is 1.87 bits per heavy atom. The number of rotatable bonds is 10. The molecule has 39 heavy (non-hydrogen) atoms. The minimum Gasteiger partial charge on any atom is -0.496 e. The molecule has 0 fully saturated rings. The number of aliphatic hydroxyl groups is 1. The van der Waals surface area contributed by atoms with Gasteiger partial charge in [-0.3, -0.25) is 4.79 Å². The molecule has 0 aliphatic rings. The van der Waals surface area contributed by atoms with Crippen LogP contribution in [0.4, 0.5) is 0 Å². The van der Waals surface area contributed by atoms with Crippen LogP contribution in [0.3, 0.4) is 0 Å². The Morgan fingerprint density at radius 2 is 1.41 bits per heavy atom. The van der Waals surface area contributed by atoms with Crippen molar-refractivity contribution in [1.82, 2.24) is 5.32 Å². The zero-order chi connectivity index (χ0) is 28.7. The van der Waals surface area contributed by atoms with Gasteiger partial charge in [-0.1, -0.05) is 47.5 Å². The number of esters is 2. The number of carbonyl (C=O) groups is 3. The number of halogens is 2. The fourth-order valence-electron chi connectivity index (χ4n) is 3.98. The zero-order valence-corrected chi connectivity index (χ0v) is 23.2. The van der Waals surface area contributed by atoms with Gasteiger partial charge < -0.3 is 29.4 Å². The van der Waals surface area contributed by atoms with Gasteiger partial charge in [-0.15, -0.1) is 0 Å². The normalized spacial score (nSPS) is 11.4. The molecule has 3 aromatic rings. The van der Waals surface area contributed by atoms with Crippen LogP contribution in [0, 0.1) is 0 Å². The van der Waals surface area contributed by atoms with Crippen LogP contribution in [-0.4, -0.2) is 57.4 Å². The Labute approximate surface area is 235 Å². The second-order valence-corrected chi connectivity index (χ2v) is 9.10. The molecule has 0 bridgehead atoms. The van der Waals surface area contributed by atoms with E-state index in [1.165, 1.54) is 40.6 Å². The first-order valence-corrected chi connectivity index (χ1v) is 12.3. The van der Waals surface area contributed by atoms with Crippen molar-refractivity contribution in [3.63, 3.8) is 0 Å². The molecular formula is C28H27Cl2NO8. The Hall–Kier alpha value is -3.79. The van der Waals surface area contributed by atoms with Gasteiger partial charge in [0, 0.05) is 6.42 Å². The molecule has 0 spiro atoms. The summed E-state index contributed by atoms with van der Waals surface area (Å²) in [5, 5.41) is 12.0. The molecule has 0 aliphatic heterocycles. The molecule has 3 aromatic carbocycles. The van der Waals surface area contributed by atoms with Crippen LogP contribution in [0.15, 0.2) is 48.5 Å². The molecule has 0 aliphatic carbocycles. The van der Waals surface area contributed by atoms with Gasteiger partial charge in [0.2, 0.25) is 0 Å². The Balaban J connectivity index is 1.87. The first-order valence-electron chi connectivity index (χ1n) is 11.6. The van der Waals surface area contributed by atoms with E-state index >= 15 is 0 Å². The van der Waals surface area contributed by atoms with Crippen LogP contribution in [0.5, 0.6) is 11.5 Å². The van der Waals surface area contributed by atoms with E-state index in [1.807, 2.05) is 12.1 Å². The lowest BCUT2D eigenvalue weighted by Crippen LogP contribution is -2.43. The Kier molecular flexibility index (Phi) is 10.2. The van der Waals surface area contributed by atoms with Gasteiger partial charge in [-0.05, 0) is 41.0 Å². The highest BCUT2D eigenvalue weighted by molar-refractivity contribution is 6.40. The molecule has 1 amide bonds. The number of aliphatic hydroxyl groups excluding tert-OH is 1. The summed E-state index contributed by atoms with van der Waals surface area (Å²) in [6.45, 7) is -0.168. The second-order valence-electron chi connectivity index (χ2n) is 8.29. The van der Waals surface area contributed by atoms with E-state index in [1.54, 1.807) is 24.3 Å². The molecule has 0 unspecified atom stereocenters. The molecule has 1 atom stereocenters. The fourth-order valence-corrected chi connectivity index (χ4v) is 4.64. The summed E-state index contributed by atoms with van der Waals surface area (Å²) in [4.78, 5) is 37.4. The lowest BCUT2D eigenvalue weighted by atomic mass is 9.98. The van der Waals surface area contributed by atoms with Crippen molar-refractivity contribution in [1.29, 1.82) is 0 Å². The predicted octanol–water partition coefficient (Wildman–Crippen LogP) is 4.47. The smallest absolute Gasteiger partial charge is 0.337 e. The van der Waals surface area contributed by atoms with Crippen molar-refractivity contribution in [2.24, 2.45) is 0 Å². The van der Waals surface area contributed by atoms with Gasteiger partial charge in [0.25, 0.3) is 5.91 Å². The van der Waals surface area contributed by atoms with E-state index in [9.17, 15) is 19.5 Å². The quantitative estimate of drug-likeness (QED) is 0.340. The number of hydrogen-bond acceptors (Lipinski definition) is 8. The van der Waals surface area contributed by atoms with Gasteiger partial charge in [0.1, 0.15) is 17.5 Å². The third-order valence-electron chi connectivity index (χ3n) is 5.91. The number of hydrogen-bond donors (Lipinski definition) is 2. The van der Waals surface area contributed by atoms with Crippen LogP contribution in [0.25, 0.3) is 11.1 Å². The molecule has 3 rings (SSSR count). The lowest BCUT2D eigenvalue weighted by Gasteiger charge is -2.19. The molecule has 2 N–H and O–H groups in total. The average molecular weight is 576 g/mol. The maximum absolute atomic E-state index is 13.0. The van der Waals surface area contributed by atoms with Crippen molar-refractivity contribution in [2.45, 2.75) is 19.1 Å². The van der Waals surface area contributed by atoms with Crippen LogP contribution in [0.2, 0.25) is 10.0 Å². The summed E-state index contributed by atoms with van der Waals surface area (Å²) >= 11 is 12.5. The number of nitrogens with one attached hydrogen (secondary N) is 1. The van der Waals surface area contributed by atoms with Crippen LogP contribution >= 0.6 is 23.2 Å². The van der Waals surface area contributed by atoms with Crippen LogP contribution in [-0.2, 0) is 27.3 Å². The number of ether oxygens (including phenoxy) is 4. The van der Waals surface area contributed by atoms with Crippen LogP contribution in [0.1, 0.15) is 31.8 Å². The van der Waals surface area contributed by atoms with Crippen molar-refractivity contribution in [2.75, 3.05) is 28.4 Å². The summed E-state index contributed by atoms with van der Waals surface area (Å²) in [6, 6.07) is 12.1. The van der Waals surface area contributed by atoms with E-state index in [0.717, 1.165) is 11.1 Å². The summed E-state index contributed by atoms with van der Waals surface area (Å²) < 4.78 is 20.6. The third-order valence-corrected chi connectivity index (χ3v) is 6.51. The molecule has 0 saturated carbocycles. The fraction of sp³-hybridized carbons (Fsp3) is 0.250. The summed E-state index contributed by atoms with van der Waals surface area (Å²) in [5.41, 5.74) is 2.81. The van der Waals surface area contributed by atoms with E-state index in [4.69, 9.17) is 37.4 Å². The maximum atomic E-state index is 13.0. The highest BCUT2D eigenvalue weighted by atomic mass is 35.5. The summed E-state index contributed by atoms with van der Waals surface area (Å²) in [5.74, 6) is -1.00. The average Bonchev–Trinajstić information content (AvgIpc) is 2.95. The summed E-state index contributed by atoms with van der Waals surface area (Å²) in [6.07, 6.45) is 0.103. The topological polar surface area (TPSA) is 120 Å². The third kappa shape index (κ3) is 6.81. The van der Waals surface area contributed by atoms with Gasteiger partial charge in [0.05, 0.1) is 61.8 Å². The Morgan fingerprint density at radius 1 is 0.846 bits per heavy atom. The van der Waals surface area contributed by atoms with E-state index < -0.39 is 23.9 Å². The minimum absolute atomic E-state index is 0.0768. The highest BCUT2D eigenvalue weighted by Crippen LogP contribution is 2.39. The zero-order valence-electron chi connectivity index (χ0n) is 21.7. The first kappa shape index (κ1) is 29.8. The molecule has 11 heteroatoms. The number of carbonyl (C=O) groups excluding carboxylic acids is 3. The molecule has 0 heterocycles. The van der Waals surface area contributed by atoms with E-state index in [2.05, 4.69) is 10.1 Å². The van der Waals surface area contributed by atoms with Crippen molar-refractivity contribution in [3.8, 4) is 22.6 Å². The minimum atomic E-state index is -1.06.